The molecule has 1 saturated heterocycles. The number of carbonyl (C=O) groups excluding carboxylic acids is 2. The summed E-state index contributed by atoms with van der Waals surface area (Å²) in [7, 11) is 1.49. The van der Waals surface area contributed by atoms with E-state index in [0.29, 0.717) is 18.7 Å². The molecule has 25 heavy (non-hydrogen) atoms. The second-order valence-electron chi connectivity index (χ2n) is 5.83. The first-order chi connectivity index (χ1) is 11.6. The molecule has 0 aliphatic carbocycles. The van der Waals surface area contributed by atoms with E-state index in [0.717, 1.165) is 25.0 Å². The fourth-order valence-corrected chi connectivity index (χ4v) is 2.51. The summed E-state index contributed by atoms with van der Waals surface area (Å²) in [4.78, 5) is 24.0. The number of amides is 2. The van der Waals surface area contributed by atoms with Crippen molar-refractivity contribution in [1.29, 1.82) is 0 Å². The summed E-state index contributed by atoms with van der Waals surface area (Å²) >= 11 is 0. The van der Waals surface area contributed by atoms with Gasteiger partial charge >= 0.3 is 0 Å². The monoisotopic (exact) mass is 371 g/mol. The zero-order chi connectivity index (χ0) is 17.4. The van der Waals surface area contributed by atoms with Crippen LogP contribution in [0.4, 0.5) is 0 Å². The van der Waals surface area contributed by atoms with Crippen LogP contribution in [0.3, 0.4) is 0 Å². The van der Waals surface area contributed by atoms with Crippen LogP contribution in [0, 0.1) is 0 Å². The van der Waals surface area contributed by atoms with Crippen LogP contribution in [-0.4, -0.2) is 50.8 Å². The maximum Gasteiger partial charge on any atom is 0.251 e. The van der Waals surface area contributed by atoms with Crippen molar-refractivity contribution >= 4 is 24.2 Å². The molecule has 140 valence electrons. The van der Waals surface area contributed by atoms with Crippen LogP contribution in [0.5, 0.6) is 0 Å². The Morgan fingerprint density at radius 2 is 2.20 bits per heavy atom. The zero-order valence-electron chi connectivity index (χ0n) is 14.3. The highest BCUT2D eigenvalue weighted by molar-refractivity contribution is 5.94. The Labute approximate surface area is 154 Å². The summed E-state index contributed by atoms with van der Waals surface area (Å²) in [5.41, 5.74) is 7.04. The van der Waals surface area contributed by atoms with Gasteiger partial charge < -0.3 is 25.8 Å². The minimum absolute atomic E-state index is 0. The van der Waals surface area contributed by atoms with Crippen molar-refractivity contribution in [3.8, 4) is 0 Å². The molecule has 1 aliphatic heterocycles. The Hall–Kier alpha value is -1.67. The third-order valence-corrected chi connectivity index (χ3v) is 3.85. The van der Waals surface area contributed by atoms with Gasteiger partial charge in [0.05, 0.1) is 12.7 Å². The van der Waals surface area contributed by atoms with Crippen LogP contribution in [0.2, 0.25) is 0 Å². The Bertz CT molecular complexity index is 565. The molecule has 1 heterocycles. The summed E-state index contributed by atoms with van der Waals surface area (Å²) in [6.45, 7) is 1.76. The molecule has 4 N–H and O–H groups in total. The van der Waals surface area contributed by atoms with Gasteiger partial charge in [-0.05, 0) is 30.5 Å². The van der Waals surface area contributed by atoms with Gasteiger partial charge in [-0.15, -0.1) is 12.4 Å². The van der Waals surface area contributed by atoms with Gasteiger partial charge in [0.1, 0.15) is 6.04 Å². The molecule has 1 aromatic rings. The third-order valence-electron chi connectivity index (χ3n) is 3.85. The van der Waals surface area contributed by atoms with Gasteiger partial charge in [-0.2, -0.15) is 0 Å². The first-order valence-corrected chi connectivity index (χ1v) is 8.11. The van der Waals surface area contributed by atoms with E-state index in [-0.39, 0.29) is 36.9 Å². The molecule has 0 bridgehead atoms. The third kappa shape index (κ3) is 6.99. The molecule has 8 heteroatoms. The first-order valence-electron chi connectivity index (χ1n) is 8.11. The van der Waals surface area contributed by atoms with Crippen molar-refractivity contribution in [2.45, 2.75) is 31.5 Å². The van der Waals surface area contributed by atoms with Crippen molar-refractivity contribution < 1.29 is 19.1 Å². The predicted molar refractivity (Wildman–Crippen MR) is 96.7 cm³/mol. The molecule has 0 radical (unpaired) electrons. The van der Waals surface area contributed by atoms with E-state index >= 15 is 0 Å². The SMILES string of the molecule is COCC(N)C(=O)NCc1cccc(C(=O)NCC2CCCO2)c1.Cl. The maximum atomic E-state index is 12.2. The van der Waals surface area contributed by atoms with Crippen molar-refractivity contribution in [2.24, 2.45) is 5.73 Å². The van der Waals surface area contributed by atoms with Crippen LogP contribution in [0.25, 0.3) is 0 Å². The summed E-state index contributed by atoms with van der Waals surface area (Å²) < 4.78 is 10.3. The second kappa shape index (κ2) is 11.0. The summed E-state index contributed by atoms with van der Waals surface area (Å²) in [5.74, 6) is -0.431. The lowest BCUT2D eigenvalue weighted by Gasteiger charge is -2.13. The van der Waals surface area contributed by atoms with E-state index in [1.165, 1.54) is 7.11 Å². The van der Waals surface area contributed by atoms with Crippen molar-refractivity contribution in [1.82, 2.24) is 10.6 Å². The summed E-state index contributed by atoms with van der Waals surface area (Å²) in [6.07, 6.45) is 2.13. The molecule has 1 aliphatic rings. The average Bonchev–Trinajstić information content (AvgIpc) is 3.11. The number of carbonyl (C=O) groups is 2. The van der Waals surface area contributed by atoms with Crippen LogP contribution in [0.15, 0.2) is 24.3 Å². The molecule has 1 aromatic carbocycles. The number of rotatable bonds is 8. The fraction of sp³-hybridized carbons (Fsp3) is 0.529. The molecule has 1 fully saturated rings. The molecular weight excluding hydrogens is 346 g/mol. The number of nitrogens with two attached hydrogens (primary N) is 1. The summed E-state index contributed by atoms with van der Waals surface area (Å²) in [6, 6.07) is 6.43. The quantitative estimate of drug-likeness (QED) is 0.621. The standard InChI is InChI=1S/C17H25N3O4.ClH/c1-23-11-15(18)17(22)19-9-12-4-2-5-13(8-12)16(21)20-10-14-6-3-7-24-14;/h2,4-5,8,14-15H,3,6-7,9-11,18H2,1H3,(H,19,22)(H,20,21);1H. The van der Waals surface area contributed by atoms with Crippen LogP contribution in [0.1, 0.15) is 28.8 Å². The van der Waals surface area contributed by atoms with Gasteiger partial charge in [-0.1, -0.05) is 12.1 Å². The molecule has 0 saturated carbocycles. The van der Waals surface area contributed by atoms with E-state index in [1.54, 1.807) is 18.2 Å². The smallest absolute Gasteiger partial charge is 0.251 e. The van der Waals surface area contributed by atoms with Crippen molar-refractivity contribution in [2.75, 3.05) is 26.9 Å². The van der Waals surface area contributed by atoms with Gasteiger partial charge in [0.25, 0.3) is 5.91 Å². The van der Waals surface area contributed by atoms with E-state index in [4.69, 9.17) is 15.2 Å². The largest absolute Gasteiger partial charge is 0.383 e. The molecule has 0 aromatic heterocycles. The normalized spacial score (nSPS) is 17.4. The Morgan fingerprint density at radius 3 is 2.88 bits per heavy atom. The van der Waals surface area contributed by atoms with E-state index in [2.05, 4.69) is 10.6 Å². The molecule has 2 amide bonds. The molecule has 0 spiro atoms. The predicted octanol–water partition coefficient (Wildman–Crippen LogP) is 0.607. The molecular formula is C17H26ClN3O4. The second-order valence-corrected chi connectivity index (χ2v) is 5.83. The minimum Gasteiger partial charge on any atom is -0.383 e. The van der Waals surface area contributed by atoms with Gasteiger partial charge in [0.15, 0.2) is 0 Å². The Balaban J connectivity index is 0.00000312. The van der Waals surface area contributed by atoms with E-state index in [9.17, 15) is 9.59 Å². The summed E-state index contributed by atoms with van der Waals surface area (Å²) in [5, 5.41) is 5.61. The molecule has 2 unspecified atom stereocenters. The number of methoxy groups -OCH3 is 1. The van der Waals surface area contributed by atoms with Gasteiger partial charge in [-0.3, -0.25) is 9.59 Å². The average molecular weight is 372 g/mol. The number of benzene rings is 1. The van der Waals surface area contributed by atoms with Gasteiger partial charge in [0, 0.05) is 32.4 Å². The highest BCUT2D eigenvalue weighted by Crippen LogP contribution is 2.11. The highest BCUT2D eigenvalue weighted by atomic mass is 35.5. The van der Waals surface area contributed by atoms with Gasteiger partial charge in [0.2, 0.25) is 5.91 Å². The maximum absolute atomic E-state index is 12.2. The number of hydrogen-bond donors (Lipinski definition) is 3. The van der Waals surface area contributed by atoms with E-state index < -0.39 is 6.04 Å². The van der Waals surface area contributed by atoms with E-state index in [1.807, 2.05) is 6.07 Å². The lowest BCUT2D eigenvalue weighted by Crippen LogP contribution is -2.43. The number of ether oxygens (including phenoxy) is 2. The molecule has 2 atom stereocenters. The molecule has 7 nitrogen and oxygen atoms in total. The number of halogens is 1. The minimum atomic E-state index is -0.701. The zero-order valence-corrected chi connectivity index (χ0v) is 15.1. The Morgan fingerprint density at radius 1 is 1.40 bits per heavy atom. The van der Waals surface area contributed by atoms with Crippen LogP contribution >= 0.6 is 12.4 Å². The topological polar surface area (TPSA) is 103 Å². The first kappa shape index (κ1) is 21.4. The highest BCUT2D eigenvalue weighted by Gasteiger charge is 2.17. The number of hydrogen-bond acceptors (Lipinski definition) is 5. The lowest BCUT2D eigenvalue weighted by atomic mass is 10.1. The fourth-order valence-electron chi connectivity index (χ4n) is 2.51. The van der Waals surface area contributed by atoms with Crippen molar-refractivity contribution in [3.05, 3.63) is 35.4 Å². The Kier molecular flexibility index (Phi) is 9.44. The van der Waals surface area contributed by atoms with Gasteiger partial charge in [-0.25, -0.2) is 0 Å². The number of nitrogens with one attached hydrogen (secondary N) is 2. The lowest BCUT2D eigenvalue weighted by molar-refractivity contribution is -0.123. The molecule has 2 rings (SSSR count). The van der Waals surface area contributed by atoms with Crippen LogP contribution < -0.4 is 16.4 Å². The van der Waals surface area contributed by atoms with Crippen LogP contribution in [-0.2, 0) is 20.8 Å². The van der Waals surface area contributed by atoms with Crippen molar-refractivity contribution in [3.63, 3.8) is 0 Å².